The first kappa shape index (κ1) is 16.9. The molecule has 1 heterocycles. The number of methoxy groups -OCH3 is 1. The third kappa shape index (κ3) is 5.10. The van der Waals surface area contributed by atoms with Crippen LogP contribution in [0.1, 0.15) is 55.6 Å². The van der Waals surface area contributed by atoms with E-state index in [1.807, 2.05) is 13.8 Å². The SMILES string of the molecule is CCCC(COC)NC(=O)c1cc(Cl)nc(C(C)C)c1. The minimum atomic E-state index is -0.133. The molecule has 1 amide bonds. The summed E-state index contributed by atoms with van der Waals surface area (Å²) >= 11 is 5.98. The fourth-order valence-electron chi connectivity index (χ4n) is 1.96. The van der Waals surface area contributed by atoms with Crippen LogP contribution in [0.15, 0.2) is 12.1 Å². The molecule has 112 valence electrons. The zero-order chi connectivity index (χ0) is 15.1. The van der Waals surface area contributed by atoms with Crippen molar-refractivity contribution in [2.75, 3.05) is 13.7 Å². The molecule has 1 aromatic rings. The Morgan fingerprint density at radius 1 is 1.45 bits per heavy atom. The van der Waals surface area contributed by atoms with E-state index in [1.165, 1.54) is 0 Å². The molecule has 20 heavy (non-hydrogen) atoms. The van der Waals surface area contributed by atoms with Gasteiger partial charge in [-0.25, -0.2) is 4.98 Å². The molecule has 1 aromatic heterocycles. The lowest BCUT2D eigenvalue weighted by Gasteiger charge is -2.17. The number of hydrogen-bond donors (Lipinski definition) is 1. The van der Waals surface area contributed by atoms with E-state index >= 15 is 0 Å². The first-order valence-corrected chi connectivity index (χ1v) is 7.33. The summed E-state index contributed by atoms with van der Waals surface area (Å²) in [4.78, 5) is 16.5. The van der Waals surface area contributed by atoms with E-state index in [1.54, 1.807) is 19.2 Å². The predicted octanol–water partition coefficient (Wildman–Crippen LogP) is 3.40. The van der Waals surface area contributed by atoms with E-state index in [0.29, 0.717) is 17.3 Å². The van der Waals surface area contributed by atoms with E-state index in [-0.39, 0.29) is 17.9 Å². The maximum Gasteiger partial charge on any atom is 0.251 e. The maximum atomic E-state index is 12.3. The first-order valence-electron chi connectivity index (χ1n) is 6.95. The molecule has 4 nitrogen and oxygen atoms in total. The van der Waals surface area contributed by atoms with Crippen LogP contribution in [0.5, 0.6) is 0 Å². The number of amides is 1. The Labute approximate surface area is 125 Å². The van der Waals surface area contributed by atoms with Gasteiger partial charge in [-0.05, 0) is 24.5 Å². The number of ether oxygens (including phenoxy) is 1. The van der Waals surface area contributed by atoms with E-state index in [2.05, 4.69) is 17.2 Å². The van der Waals surface area contributed by atoms with Crippen molar-refractivity contribution in [1.82, 2.24) is 10.3 Å². The third-order valence-electron chi connectivity index (χ3n) is 3.01. The summed E-state index contributed by atoms with van der Waals surface area (Å²) in [6.07, 6.45) is 1.87. The second-order valence-electron chi connectivity index (χ2n) is 5.17. The van der Waals surface area contributed by atoms with E-state index < -0.39 is 0 Å². The Morgan fingerprint density at radius 2 is 2.15 bits per heavy atom. The van der Waals surface area contributed by atoms with E-state index in [4.69, 9.17) is 16.3 Å². The van der Waals surface area contributed by atoms with Crippen LogP contribution in [0.2, 0.25) is 5.15 Å². The van der Waals surface area contributed by atoms with E-state index in [0.717, 1.165) is 18.5 Å². The zero-order valence-electron chi connectivity index (χ0n) is 12.6. The molecule has 0 radical (unpaired) electrons. The second kappa shape index (κ2) is 8.22. The van der Waals surface area contributed by atoms with Crippen LogP contribution >= 0.6 is 11.6 Å². The summed E-state index contributed by atoms with van der Waals surface area (Å²) in [5, 5.41) is 3.33. The van der Waals surface area contributed by atoms with Gasteiger partial charge in [0.1, 0.15) is 5.15 Å². The van der Waals surface area contributed by atoms with Gasteiger partial charge in [0, 0.05) is 18.4 Å². The quantitative estimate of drug-likeness (QED) is 0.785. The molecule has 1 unspecified atom stereocenters. The Balaban J connectivity index is 2.85. The van der Waals surface area contributed by atoms with Crippen molar-refractivity contribution in [3.05, 3.63) is 28.5 Å². The van der Waals surface area contributed by atoms with Crippen LogP contribution in [0.3, 0.4) is 0 Å². The molecule has 1 rings (SSSR count). The topological polar surface area (TPSA) is 51.2 Å². The summed E-state index contributed by atoms with van der Waals surface area (Å²) in [5.74, 6) is 0.0948. The van der Waals surface area contributed by atoms with E-state index in [9.17, 15) is 4.79 Å². The molecule has 0 spiro atoms. The summed E-state index contributed by atoms with van der Waals surface area (Å²) in [6, 6.07) is 3.41. The predicted molar refractivity (Wildman–Crippen MR) is 81.4 cm³/mol. The number of hydrogen-bond acceptors (Lipinski definition) is 3. The fraction of sp³-hybridized carbons (Fsp3) is 0.600. The fourth-order valence-corrected chi connectivity index (χ4v) is 2.17. The minimum Gasteiger partial charge on any atom is -0.383 e. The first-order chi connectivity index (χ1) is 9.47. The molecule has 0 fully saturated rings. The molecule has 1 atom stereocenters. The highest BCUT2D eigenvalue weighted by Crippen LogP contribution is 2.17. The highest BCUT2D eigenvalue weighted by atomic mass is 35.5. The number of rotatable bonds is 7. The Morgan fingerprint density at radius 3 is 2.70 bits per heavy atom. The van der Waals surface area contributed by atoms with Crippen molar-refractivity contribution in [2.24, 2.45) is 0 Å². The molecule has 0 aliphatic carbocycles. The molecular weight excluding hydrogens is 276 g/mol. The molecule has 0 bridgehead atoms. The lowest BCUT2D eigenvalue weighted by atomic mass is 10.1. The highest BCUT2D eigenvalue weighted by Gasteiger charge is 2.15. The van der Waals surface area contributed by atoms with Crippen molar-refractivity contribution >= 4 is 17.5 Å². The van der Waals surface area contributed by atoms with Gasteiger partial charge in [-0.15, -0.1) is 0 Å². The number of nitrogens with zero attached hydrogens (tertiary/aromatic N) is 1. The van der Waals surface area contributed by atoms with Crippen molar-refractivity contribution < 1.29 is 9.53 Å². The van der Waals surface area contributed by atoms with Crippen molar-refractivity contribution in [3.63, 3.8) is 0 Å². The number of carbonyl (C=O) groups excluding carboxylic acids is 1. The molecule has 5 heteroatoms. The summed E-state index contributed by atoms with van der Waals surface area (Å²) in [6.45, 7) is 6.63. The van der Waals surface area contributed by atoms with Crippen LogP contribution in [0, 0.1) is 0 Å². The molecule has 0 saturated heterocycles. The highest BCUT2D eigenvalue weighted by molar-refractivity contribution is 6.29. The molecular formula is C15H23ClN2O2. The lowest BCUT2D eigenvalue weighted by Crippen LogP contribution is -2.38. The van der Waals surface area contributed by atoms with Crippen molar-refractivity contribution in [2.45, 2.75) is 45.6 Å². The standard InChI is InChI=1S/C15H23ClN2O2/c1-5-6-12(9-20-4)17-15(19)11-7-13(10(2)3)18-14(16)8-11/h7-8,10,12H,5-6,9H2,1-4H3,(H,17,19). The second-order valence-corrected chi connectivity index (χ2v) is 5.56. The molecule has 0 aliphatic heterocycles. The molecule has 0 saturated carbocycles. The maximum absolute atomic E-state index is 12.3. The van der Waals surface area contributed by atoms with Gasteiger partial charge in [0.2, 0.25) is 0 Å². The van der Waals surface area contributed by atoms with Gasteiger partial charge in [-0.3, -0.25) is 4.79 Å². The molecule has 0 aliphatic rings. The number of halogens is 1. The largest absolute Gasteiger partial charge is 0.383 e. The van der Waals surface area contributed by atoms with Gasteiger partial charge in [0.05, 0.1) is 12.6 Å². The number of aromatic nitrogens is 1. The van der Waals surface area contributed by atoms with Gasteiger partial charge >= 0.3 is 0 Å². The van der Waals surface area contributed by atoms with Crippen LogP contribution in [-0.2, 0) is 4.74 Å². The number of nitrogens with one attached hydrogen (secondary N) is 1. The smallest absolute Gasteiger partial charge is 0.251 e. The van der Waals surface area contributed by atoms with Crippen molar-refractivity contribution in [1.29, 1.82) is 0 Å². The Bertz CT molecular complexity index is 443. The molecule has 1 N–H and O–H groups in total. The minimum absolute atomic E-state index is 0.0203. The number of carbonyl (C=O) groups is 1. The van der Waals surface area contributed by atoms with Crippen LogP contribution in [0.4, 0.5) is 0 Å². The summed E-state index contributed by atoms with van der Waals surface area (Å²) < 4.78 is 5.13. The Kier molecular flexibility index (Phi) is 6.96. The summed E-state index contributed by atoms with van der Waals surface area (Å²) in [5.41, 5.74) is 1.37. The lowest BCUT2D eigenvalue weighted by molar-refractivity contribution is 0.0891. The summed E-state index contributed by atoms with van der Waals surface area (Å²) in [7, 11) is 1.63. The number of pyridine rings is 1. The normalized spacial score (nSPS) is 12.5. The van der Waals surface area contributed by atoms with Crippen LogP contribution in [-0.4, -0.2) is 30.6 Å². The third-order valence-corrected chi connectivity index (χ3v) is 3.20. The van der Waals surface area contributed by atoms with Gasteiger partial charge in [0.25, 0.3) is 5.91 Å². The van der Waals surface area contributed by atoms with Gasteiger partial charge in [-0.1, -0.05) is 38.8 Å². The average molecular weight is 299 g/mol. The van der Waals surface area contributed by atoms with Crippen LogP contribution < -0.4 is 5.32 Å². The zero-order valence-corrected chi connectivity index (χ0v) is 13.3. The van der Waals surface area contributed by atoms with Gasteiger partial charge in [-0.2, -0.15) is 0 Å². The average Bonchev–Trinajstić information content (AvgIpc) is 2.38. The van der Waals surface area contributed by atoms with Crippen molar-refractivity contribution in [3.8, 4) is 0 Å². The van der Waals surface area contributed by atoms with Gasteiger partial charge < -0.3 is 10.1 Å². The monoisotopic (exact) mass is 298 g/mol. The molecule has 0 aromatic carbocycles. The Hall–Kier alpha value is -1.13. The van der Waals surface area contributed by atoms with Crippen LogP contribution in [0.25, 0.3) is 0 Å². The van der Waals surface area contributed by atoms with Gasteiger partial charge in [0.15, 0.2) is 0 Å².